The van der Waals surface area contributed by atoms with Gasteiger partial charge in [0.25, 0.3) is 0 Å². The van der Waals surface area contributed by atoms with Gasteiger partial charge in [0, 0.05) is 0 Å². The van der Waals surface area contributed by atoms with E-state index in [9.17, 15) is 22.8 Å². The van der Waals surface area contributed by atoms with Gasteiger partial charge in [-0.1, -0.05) is 0 Å². The number of carboxylic acids is 2. The van der Waals surface area contributed by atoms with Crippen molar-refractivity contribution in [3.05, 3.63) is 0 Å². The van der Waals surface area contributed by atoms with E-state index in [1.165, 1.54) is 0 Å². The molecule has 0 aliphatic heterocycles. The van der Waals surface area contributed by atoms with Crippen LogP contribution in [0.15, 0.2) is 0 Å². The molecule has 0 radical (unpaired) electrons. The van der Waals surface area contributed by atoms with Gasteiger partial charge in [0.1, 0.15) is 6.04 Å². The molecule has 0 bridgehead atoms. The second kappa shape index (κ2) is 4.27. The standard InChI is InChI=1S/C6H8F3NO4/c7-6(8,9)2(1-3(11)12)4(10)5(13)14/h2,4H,1,10H2,(H,11,12)(H,13,14)/t2-,4-/m1/s1. The Morgan fingerprint density at radius 1 is 1.29 bits per heavy atom. The molecule has 0 saturated carbocycles. The second-order valence-corrected chi connectivity index (χ2v) is 2.61. The lowest BCUT2D eigenvalue weighted by Gasteiger charge is -2.21. The minimum absolute atomic E-state index is 1.35. The Kier molecular flexibility index (Phi) is 3.87. The van der Waals surface area contributed by atoms with Gasteiger partial charge in [-0.05, 0) is 0 Å². The van der Waals surface area contributed by atoms with E-state index in [1.807, 2.05) is 0 Å². The van der Waals surface area contributed by atoms with Crippen molar-refractivity contribution in [1.82, 2.24) is 0 Å². The molecule has 0 aromatic carbocycles. The number of alkyl halides is 3. The Morgan fingerprint density at radius 3 is 1.93 bits per heavy atom. The van der Waals surface area contributed by atoms with Gasteiger partial charge in [-0.3, -0.25) is 9.59 Å². The van der Waals surface area contributed by atoms with Gasteiger partial charge in [-0.2, -0.15) is 13.2 Å². The smallest absolute Gasteiger partial charge is 0.394 e. The lowest BCUT2D eigenvalue weighted by molar-refractivity contribution is -0.192. The third-order valence-electron chi connectivity index (χ3n) is 1.53. The van der Waals surface area contributed by atoms with Gasteiger partial charge < -0.3 is 15.9 Å². The highest BCUT2D eigenvalue weighted by Gasteiger charge is 2.47. The van der Waals surface area contributed by atoms with Crippen molar-refractivity contribution in [3.63, 3.8) is 0 Å². The van der Waals surface area contributed by atoms with E-state index in [0.29, 0.717) is 0 Å². The average Bonchev–Trinajstić information content (AvgIpc) is 1.96. The van der Waals surface area contributed by atoms with Crippen LogP contribution in [0.4, 0.5) is 13.2 Å². The highest BCUT2D eigenvalue weighted by atomic mass is 19.4. The van der Waals surface area contributed by atoms with Crippen molar-refractivity contribution in [1.29, 1.82) is 0 Å². The first kappa shape index (κ1) is 12.7. The monoisotopic (exact) mass is 215 g/mol. The third-order valence-corrected chi connectivity index (χ3v) is 1.53. The van der Waals surface area contributed by atoms with Gasteiger partial charge in [-0.25, -0.2) is 0 Å². The van der Waals surface area contributed by atoms with Crippen molar-refractivity contribution >= 4 is 11.9 Å². The Hall–Kier alpha value is -1.31. The number of hydrogen-bond acceptors (Lipinski definition) is 3. The zero-order valence-corrected chi connectivity index (χ0v) is 6.78. The molecular formula is C6H8F3NO4. The first-order valence-corrected chi connectivity index (χ1v) is 3.43. The average molecular weight is 215 g/mol. The molecule has 0 amide bonds. The molecule has 0 aliphatic rings. The van der Waals surface area contributed by atoms with Crippen LogP contribution < -0.4 is 5.73 Å². The molecular weight excluding hydrogens is 207 g/mol. The number of aliphatic carboxylic acids is 2. The van der Waals surface area contributed by atoms with Crippen LogP contribution in [0.5, 0.6) is 0 Å². The van der Waals surface area contributed by atoms with Crippen molar-refractivity contribution in [2.75, 3.05) is 0 Å². The van der Waals surface area contributed by atoms with Crippen LogP contribution >= 0.6 is 0 Å². The SMILES string of the molecule is N[C@@H](C(=O)O)[C@@H](CC(=O)O)C(F)(F)F. The topological polar surface area (TPSA) is 101 Å². The summed E-state index contributed by atoms with van der Waals surface area (Å²) < 4.78 is 36.3. The molecule has 5 nitrogen and oxygen atoms in total. The number of hydrogen-bond donors (Lipinski definition) is 3. The fraction of sp³-hybridized carbons (Fsp3) is 0.667. The van der Waals surface area contributed by atoms with Crippen LogP contribution in [-0.2, 0) is 9.59 Å². The number of carboxylic acid groups (broad SMARTS) is 2. The molecule has 0 aromatic heterocycles. The highest BCUT2D eigenvalue weighted by molar-refractivity contribution is 5.75. The quantitative estimate of drug-likeness (QED) is 0.615. The van der Waals surface area contributed by atoms with Crippen LogP contribution in [-0.4, -0.2) is 34.4 Å². The predicted molar refractivity (Wildman–Crippen MR) is 37.4 cm³/mol. The highest BCUT2D eigenvalue weighted by Crippen LogP contribution is 2.30. The summed E-state index contributed by atoms with van der Waals surface area (Å²) in [4.78, 5) is 20.2. The van der Waals surface area contributed by atoms with E-state index in [1.54, 1.807) is 0 Å². The van der Waals surface area contributed by atoms with Crippen molar-refractivity contribution in [2.45, 2.75) is 18.6 Å². The van der Waals surface area contributed by atoms with Crippen LogP contribution in [0, 0.1) is 5.92 Å². The van der Waals surface area contributed by atoms with E-state index < -0.39 is 36.5 Å². The summed E-state index contributed by atoms with van der Waals surface area (Å²) in [7, 11) is 0. The number of nitrogens with two attached hydrogens (primary N) is 1. The number of rotatable bonds is 4. The van der Waals surface area contributed by atoms with Gasteiger partial charge in [0.2, 0.25) is 0 Å². The molecule has 8 heteroatoms. The van der Waals surface area contributed by atoms with E-state index in [-0.39, 0.29) is 0 Å². The van der Waals surface area contributed by atoms with Gasteiger partial charge in [0.05, 0.1) is 12.3 Å². The maximum absolute atomic E-state index is 12.1. The Bertz CT molecular complexity index is 240. The lowest BCUT2D eigenvalue weighted by atomic mass is 9.96. The maximum atomic E-state index is 12.1. The molecule has 0 spiro atoms. The van der Waals surface area contributed by atoms with Gasteiger partial charge in [-0.15, -0.1) is 0 Å². The summed E-state index contributed by atoms with van der Waals surface area (Å²) in [5.74, 6) is -6.20. The van der Waals surface area contributed by atoms with Crippen LogP contribution in [0.25, 0.3) is 0 Å². The van der Waals surface area contributed by atoms with Gasteiger partial charge >= 0.3 is 18.1 Å². The minimum atomic E-state index is -4.93. The molecule has 2 atom stereocenters. The van der Waals surface area contributed by atoms with E-state index >= 15 is 0 Å². The zero-order chi connectivity index (χ0) is 11.5. The van der Waals surface area contributed by atoms with E-state index in [0.717, 1.165) is 0 Å². The fourth-order valence-electron chi connectivity index (χ4n) is 0.807. The van der Waals surface area contributed by atoms with E-state index in [2.05, 4.69) is 0 Å². The van der Waals surface area contributed by atoms with Gasteiger partial charge in [0.15, 0.2) is 0 Å². The summed E-state index contributed by atoms with van der Waals surface area (Å²) in [6, 6.07) is -2.26. The Balaban J connectivity index is 4.73. The molecule has 82 valence electrons. The van der Waals surface area contributed by atoms with Crippen LogP contribution in [0.1, 0.15) is 6.42 Å². The Morgan fingerprint density at radius 2 is 1.71 bits per heavy atom. The molecule has 0 unspecified atom stereocenters. The number of halogens is 3. The fourth-order valence-corrected chi connectivity index (χ4v) is 0.807. The zero-order valence-electron chi connectivity index (χ0n) is 6.78. The normalized spacial score (nSPS) is 16.0. The second-order valence-electron chi connectivity index (χ2n) is 2.61. The molecule has 4 N–H and O–H groups in total. The maximum Gasteiger partial charge on any atom is 0.394 e. The van der Waals surface area contributed by atoms with Crippen molar-refractivity contribution in [2.24, 2.45) is 11.7 Å². The summed E-state index contributed by atoms with van der Waals surface area (Å²) in [5, 5.41) is 16.3. The van der Waals surface area contributed by atoms with Crippen molar-refractivity contribution < 1.29 is 33.0 Å². The predicted octanol–water partition coefficient (Wildman–Crippen LogP) is 0.0515. The molecule has 0 aromatic rings. The first-order valence-electron chi connectivity index (χ1n) is 3.43. The largest absolute Gasteiger partial charge is 0.481 e. The molecule has 0 rings (SSSR count). The first-order chi connectivity index (χ1) is 6.16. The van der Waals surface area contributed by atoms with Crippen LogP contribution in [0.3, 0.4) is 0 Å². The van der Waals surface area contributed by atoms with E-state index in [4.69, 9.17) is 15.9 Å². The summed E-state index contributed by atoms with van der Waals surface area (Å²) in [5.41, 5.74) is 4.71. The minimum Gasteiger partial charge on any atom is -0.481 e. The molecule has 0 saturated heterocycles. The third kappa shape index (κ3) is 3.60. The molecule has 0 aliphatic carbocycles. The molecule has 0 heterocycles. The summed E-state index contributed by atoms with van der Waals surface area (Å²) in [6.07, 6.45) is -6.28. The molecule has 14 heavy (non-hydrogen) atoms. The summed E-state index contributed by atoms with van der Waals surface area (Å²) in [6.45, 7) is 0. The lowest BCUT2D eigenvalue weighted by Crippen LogP contribution is -2.46. The van der Waals surface area contributed by atoms with Crippen molar-refractivity contribution in [3.8, 4) is 0 Å². The number of carbonyl (C=O) groups is 2. The summed E-state index contributed by atoms with van der Waals surface area (Å²) >= 11 is 0. The van der Waals surface area contributed by atoms with Crippen LogP contribution in [0.2, 0.25) is 0 Å². The molecule has 0 fully saturated rings. The Labute approximate surface area is 76.3 Å².